The Balaban J connectivity index is 1.97. The van der Waals surface area contributed by atoms with Gasteiger partial charge in [-0.1, -0.05) is 6.07 Å². The van der Waals surface area contributed by atoms with Gasteiger partial charge in [0.1, 0.15) is 6.04 Å². The fraction of sp³-hybridized carbons (Fsp3) is 0.462. The summed E-state index contributed by atoms with van der Waals surface area (Å²) in [7, 11) is 0. The molecule has 2 amide bonds. The monoisotopic (exact) mass is 262 g/mol. The molecule has 1 unspecified atom stereocenters. The van der Waals surface area contributed by atoms with Gasteiger partial charge in [0.05, 0.1) is 18.8 Å². The molecule has 0 radical (unpaired) electrons. The summed E-state index contributed by atoms with van der Waals surface area (Å²) < 4.78 is 0. The van der Waals surface area contributed by atoms with E-state index in [2.05, 4.69) is 15.6 Å². The molecular weight excluding hydrogens is 244 g/mol. The molecule has 102 valence electrons. The van der Waals surface area contributed by atoms with Crippen LogP contribution in [0.2, 0.25) is 0 Å². The van der Waals surface area contributed by atoms with Crippen LogP contribution in [0.25, 0.3) is 0 Å². The lowest BCUT2D eigenvalue weighted by Gasteiger charge is -2.29. The van der Waals surface area contributed by atoms with Crippen LogP contribution >= 0.6 is 0 Å². The molecule has 6 heteroatoms. The van der Waals surface area contributed by atoms with E-state index in [4.69, 9.17) is 0 Å². The first-order valence-corrected chi connectivity index (χ1v) is 6.39. The Morgan fingerprint density at radius 3 is 2.95 bits per heavy atom. The zero-order chi connectivity index (χ0) is 13.7. The molecule has 1 aliphatic heterocycles. The highest BCUT2D eigenvalue weighted by molar-refractivity contribution is 5.86. The first-order chi connectivity index (χ1) is 9.20. The Hall–Kier alpha value is -1.95. The van der Waals surface area contributed by atoms with Gasteiger partial charge in [-0.25, -0.2) is 0 Å². The molecule has 1 aromatic rings. The van der Waals surface area contributed by atoms with Crippen molar-refractivity contribution < 1.29 is 9.59 Å². The normalized spacial score (nSPS) is 18.8. The van der Waals surface area contributed by atoms with E-state index >= 15 is 0 Å². The van der Waals surface area contributed by atoms with Crippen molar-refractivity contribution in [2.75, 3.05) is 19.6 Å². The standard InChI is InChI=1S/C13H18N4O2/c1-2-17(9-10-5-3-4-6-14-10)13(19)11-7-16-12(18)8-15-11/h3-6,11,15H,2,7-9H2,1H3,(H,16,18). The second kappa shape index (κ2) is 6.29. The second-order valence-electron chi connectivity index (χ2n) is 4.41. The van der Waals surface area contributed by atoms with Gasteiger partial charge in [-0.15, -0.1) is 0 Å². The Morgan fingerprint density at radius 1 is 1.53 bits per heavy atom. The Bertz CT molecular complexity index is 439. The minimum Gasteiger partial charge on any atom is -0.353 e. The number of likely N-dealkylation sites (N-methyl/N-ethyl adjacent to an activating group) is 1. The van der Waals surface area contributed by atoms with E-state index in [1.807, 2.05) is 25.1 Å². The lowest BCUT2D eigenvalue weighted by molar-refractivity contribution is -0.135. The Kier molecular flexibility index (Phi) is 4.46. The maximum Gasteiger partial charge on any atom is 0.241 e. The molecule has 6 nitrogen and oxygen atoms in total. The molecule has 0 bridgehead atoms. The van der Waals surface area contributed by atoms with E-state index in [-0.39, 0.29) is 24.4 Å². The zero-order valence-electron chi connectivity index (χ0n) is 10.9. The molecule has 1 saturated heterocycles. The molecule has 1 aromatic heterocycles. The first kappa shape index (κ1) is 13.5. The highest BCUT2D eigenvalue weighted by Crippen LogP contribution is 2.04. The summed E-state index contributed by atoms with van der Waals surface area (Å²) in [4.78, 5) is 29.3. The van der Waals surface area contributed by atoms with E-state index in [9.17, 15) is 9.59 Å². The SMILES string of the molecule is CCN(Cc1ccccn1)C(=O)C1CNC(=O)CN1. The maximum absolute atomic E-state index is 12.3. The second-order valence-corrected chi connectivity index (χ2v) is 4.41. The van der Waals surface area contributed by atoms with Crippen LogP contribution in [0.15, 0.2) is 24.4 Å². The third-order valence-electron chi connectivity index (χ3n) is 3.08. The number of nitrogens with one attached hydrogen (secondary N) is 2. The molecular formula is C13H18N4O2. The van der Waals surface area contributed by atoms with Gasteiger partial charge >= 0.3 is 0 Å². The third kappa shape index (κ3) is 3.51. The fourth-order valence-corrected chi connectivity index (χ4v) is 1.99. The van der Waals surface area contributed by atoms with Gasteiger partial charge in [-0.05, 0) is 19.1 Å². The van der Waals surface area contributed by atoms with Crippen LogP contribution in [0, 0.1) is 0 Å². The summed E-state index contributed by atoms with van der Waals surface area (Å²) in [5, 5.41) is 5.64. The molecule has 2 heterocycles. The van der Waals surface area contributed by atoms with E-state index in [1.54, 1.807) is 11.1 Å². The number of amides is 2. The van der Waals surface area contributed by atoms with Gasteiger partial charge in [-0.2, -0.15) is 0 Å². The lowest BCUT2D eigenvalue weighted by atomic mass is 10.2. The number of rotatable bonds is 4. The summed E-state index contributed by atoms with van der Waals surface area (Å²) in [5.74, 6) is -0.0787. The number of hydrogen-bond donors (Lipinski definition) is 2. The van der Waals surface area contributed by atoms with Crippen LogP contribution in [0.3, 0.4) is 0 Å². The van der Waals surface area contributed by atoms with Crippen LogP contribution in [0.4, 0.5) is 0 Å². The van der Waals surface area contributed by atoms with Crippen molar-refractivity contribution in [2.24, 2.45) is 0 Å². The van der Waals surface area contributed by atoms with Crippen molar-refractivity contribution in [1.29, 1.82) is 0 Å². The number of nitrogens with zero attached hydrogens (tertiary/aromatic N) is 2. The highest BCUT2D eigenvalue weighted by Gasteiger charge is 2.27. The highest BCUT2D eigenvalue weighted by atomic mass is 16.2. The number of hydrogen-bond acceptors (Lipinski definition) is 4. The van der Waals surface area contributed by atoms with Crippen molar-refractivity contribution in [3.8, 4) is 0 Å². The van der Waals surface area contributed by atoms with Crippen molar-refractivity contribution in [3.05, 3.63) is 30.1 Å². The first-order valence-electron chi connectivity index (χ1n) is 6.39. The topological polar surface area (TPSA) is 74.3 Å². The average Bonchev–Trinajstić information content (AvgIpc) is 2.46. The predicted molar refractivity (Wildman–Crippen MR) is 70.1 cm³/mol. The number of piperazine rings is 1. The summed E-state index contributed by atoms with van der Waals surface area (Å²) in [6.07, 6.45) is 1.72. The van der Waals surface area contributed by atoms with Gasteiger partial charge in [0.25, 0.3) is 0 Å². The summed E-state index contributed by atoms with van der Waals surface area (Å²) in [6.45, 7) is 3.57. The van der Waals surface area contributed by atoms with Gasteiger partial charge in [-0.3, -0.25) is 19.9 Å². The summed E-state index contributed by atoms with van der Waals surface area (Å²) in [5.41, 5.74) is 0.859. The Morgan fingerprint density at radius 2 is 2.37 bits per heavy atom. The van der Waals surface area contributed by atoms with E-state index in [1.165, 1.54) is 0 Å². The molecule has 19 heavy (non-hydrogen) atoms. The number of carbonyl (C=O) groups excluding carboxylic acids is 2. The van der Waals surface area contributed by atoms with Crippen LogP contribution in [-0.2, 0) is 16.1 Å². The molecule has 0 saturated carbocycles. The molecule has 0 aromatic carbocycles. The quantitative estimate of drug-likeness (QED) is 0.768. The van der Waals surface area contributed by atoms with E-state index in [0.717, 1.165) is 5.69 Å². The molecule has 1 aliphatic rings. The van der Waals surface area contributed by atoms with Gasteiger partial charge < -0.3 is 10.2 Å². The minimum absolute atomic E-state index is 0.00634. The van der Waals surface area contributed by atoms with Crippen LogP contribution in [0.1, 0.15) is 12.6 Å². The molecule has 0 spiro atoms. The lowest BCUT2D eigenvalue weighted by Crippen LogP contribution is -2.58. The maximum atomic E-state index is 12.3. The van der Waals surface area contributed by atoms with Crippen molar-refractivity contribution in [3.63, 3.8) is 0 Å². The molecule has 1 fully saturated rings. The number of carbonyl (C=O) groups is 2. The minimum atomic E-state index is -0.346. The summed E-state index contributed by atoms with van der Waals surface area (Å²) in [6, 6.07) is 5.30. The third-order valence-corrected chi connectivity index (χ3v) is 3.08. The smallest absolute Gasteiger partial charge is 0.241 e. The van der Waals surface area contributed by atoms with Crippen LogP contribution < -0.4 is 10.6 Å². The van der Waals surface area contributed by atoms with Crippen molar-refractivity contribution in [1.82, 2.24) is 20.5 Å². The average molecular weight is 262 g/mol. The molecule has 0 aliphatic carbocycles. The summed E-state index contributed by atoms with van der Waals surface area (Å²) >= 11 is 0. The van der Waals surface area contributed by atoms with E-state index in [0.29, 0.717) is 19.6 Å². The number of pyridine rings is 1. The van der Waals surface area contributed by atoms with Crippen LogP contribution in [-0.4, -0.2) is 47.4 Å². The largest absolute Gasteiger partial charge is 0.353 e. The van der Waals surface area contributed by atoms with Gasteiger partial charge in [0, 0.05) is 19.3 Å². The van der Waals surface area contributed by atoms with Gasteiger partial charge in [0.15, 0.2) is 0 Å². The zero-order valence-corrected chi connectivity index (χ0v) is 10.9. The molecule has 2 N–H and O–H groups in total. The van der Waals surface area contributed by atoms with Crippen molar-refractivity contribution in [2.45, 2.75) is 19.5 Å². The van der Waals surface area contributed by atoms with Gasteiger partial charge in [0.2, 0.25) is 11.8 Å². The molecule has 2 rings (SSSR count). The molecule has 1 atom stereocenters. The fourth-order valence-electron chi connectivity index (χ4n) is 1.99. The predicted octanol–water partition coefficient (Wildman–Crippen LogP) is -0.482. The van der Waals surface area contributed by atoms with E-state index < -0.39 is 0 Å². The Labute approximate surface area is 112 Å². The number of aromatic nitrogens is 1. The van der Waals surface area contributed by atoms with Crippen LogP contribution in [0.5, 0.6) is 0 Å². The van der Waals surface area contributed by atoms with Crippen molar-refractivity contribution >= 4 is 11.8 Å².